The summed E-state index contributed by atoms with van der Waals surface area (Å²) in [7, 11) is 0. The van der Waals surface area contributed by atoms with Gasteiger partial charge in [0.25, 0.3) is 11.8 Å². The standard InChI is InChI=1S/C18H18N4O3/c1-12-6-4-9-19-15(12)21-18(25)20-10-5-11-22-16(23)13-7-2-3-8-14(13)17(22)24/h2-4,6-9H,5,10-11H2,1H3,(H2,19,20,21,25). The third-order valence-corrected chi connectivity index (χ3v) is 3.96. The van der Waals surface area contributed by atoms with Crippen LogP contribution in [0.1, 0.15) is 32.7 Å². The molecule has 2 aromatic rings. The Kier molecular flexibility index (Phi) is 4.74. The van der Waals surface area contributed by atoms with E-state index in [0.29, 0.717) is 29.9 Å². The zero-order valence-electron chi connectivity index (χ0n) is 13.8. The van der Waals surface area contributed by atoms with Gasteiger partial charge in [0.1, 0.15) is 5.82 Å². The van der Waals surface area contributed by atoms with Gasteiger partial charge >= 0.3 is 6.03 Å². The smallest absolute Gasteiger partial charge is 0.320 e. The molecule has 2 N–H and O–H groups in total. The van der Waals surface area contributed by atoms with Gasteiger partial charge in [-0.15, -0.1) is 0 Å². The highest BCUT2D eigenvalue weighted by molar-refractivity contribution is 6.21. The molecule has 0 saturated heterocycles. The molecular formula is C18H18N4O3. The number of nitrogens with one attached hydrogen (secondary N) is 2. The first-order chi connectivity index (χ1) is 12.1. The van der Waals surface area contributed by atoms with Crippen molar-refractivity contribution in [2.45, 2.75) is 13.3 Å². The van der Waals surface area contributed by atoms with Crippen molar-refractivity contribution < 1.29 is 14.4 Å². The lowest BCUT2D eigenvalue weighted by Gasteiger charge is -2.14. The van der Waals surface area contributed by atoms with E-state index in [-0.39, 0.29) is 24.4 Å². The quantitative estimate of drug-likeness (QED) is 0.646. The summed E-state index contributed by atoms with van der Waals surface area (Å²) in [5.74, 6) is -0.0660. The summed E-state index contributed by atoms with van der Waals surface area (Å²) in [4.78, 5) is 41.6. The molecule has 1 aliphatic rings. The minimum atomic E-state index is -0.371. The molecule has 25 heavy (non-hydrogen) atoms. The number of hydrogen-bond acceptors (Lipinski definition) is 4. The predicted molar refractivity (Wildman–Crippen MR) is 92.4 cm³/mol. The summed E-state index contributed by atoms with van der Waals surface area (Å²) >= 11 is 0. The molecule has 0 radical (unpaired) electrons. The van der Waals surface area contributed by atoms with E-state index in [0.717, 1.165) is 5.56 Å². The monoisotopic (exact) mass is 338 g/mol. The number of amides is 4. The minimum Gasteiger partial charge on any atom is -0.338 e. The van der Waals surface area contributed by atoms with Crippen molar-refractivity contribution in [2.24, 2.45) is 0 Å². The number of imide groups is 1. The Labute approximate surface area is 145 Å². The van der Waals surface area contributed by atoms with Crippen LogP contribution in [0.3, 0.4) is 0 Å². The van der Waals surface area contributed by atoms with Crippen LogP contribution in [0.2, 0.25) is 0 Å². The number of urea groups is 1. The number of benzene rings is 1. The highest BCUT2D eigenvalue weighted by Crippen LogP contribution is 2.22. The number of hydrogen-bond donors (Lipinski definition) is 2. The number of anilines is 1. The fraction of sp³-hybridized carbons (Fsp3) is 0.222. The highest BCUT2D eigenvalue weighted by Gasteiger charge is 2.34. The van der Waals surface area contributed by atoms with Crippen LogP contribution < -0.4 is 10.6 Å². The van der Waals surface area contributed by atoms with Crippen LogP contribution in [0.15, 0.2) is 42.6 Å². The molecule has 7 nitrogen and oxygen atoms in total. The van der Waals surface area contributed by atoms with E-state index >= 15 is 0 Å². The maximum absolute atomic E-state index is 12.2. The first kappa shape index (κ1) is 16.6. The Morgan fingerprint density at radius 1 is 1.08 bits per heavy atom. The van der Waals surface area contributed by atoms with E-state index in [1.165, 1.54) is 4.90 Å². The average Bonchev–Trinajstić information content (AvgIpc) is 2.86. The molecule has 0 spiro atoms. The van der Waals surface area contributed by atoms with E-state index in [2.05, 4.69) is 15.6 Å². The summed E-state index contributed by atoms with van der Waals surface area (Å²) in [5.41, 5.74) is 1.73. The maximum Gasteiger partial charge on any atom is 0.320 e. The summed E-state index contributed by atoms with van der Waals surface area (Å²) in [6, 6.07) is 10.0. The Hall–Kier alpha value is -3.22. The van der Waals surface area contributed by atoms with Gasteiger partial charge in [-0.2, -0.15) is 0 Å². The van der Waals surface area contributed by atoms with Gasteiger partial charge in [0.2, 0.25) is 0 Å². The molecule has 0 saturated carbocycles. The van der Waals surface area contributed by atoms with E-state index in [4.69, 9.17) is 0 Å². The Bertz CT molecular complexity index is 800. The third-order valence-electron chi connectivity index (χ3n) is 3.96. The van der Waals surface area contributed by atoms with Gasteiger partial charge < -0.3 is 5.32 Å². The van der Waals surface area contributed by atoms with Crippen LogP contribution in [0.5, 0.6) is 0 Å². The fourth-order valence-electron chi connectivity index (χ4n) is 2.65. The molecule has 0 fully saturated rings. The zero-order chi connectivity index (χ0) is 17.8. The topological polar surface area (TPSA) is 91.4 Å². The van der Waals surface area contributed by atoms with Crippen molar-refractivity contribution in [3.8, 4) is 0 Å². The molecule has 7 heteroatoms. The van der Waals surface area contributed by atoms with Crippen LogP contribution in [-0.2, 0) is 0 Å². The van der Waals surface area contributed by atoms with Gasteiger partial charge in [-0.25, -0.2) is 9.78 Å². The van der Waals surface area contributed by atoms with Gasteiger partial charge in [0.15, 0.2) is 0 Å². The molecule has 0 unspecified atom stereocenters. The van der Waals surface area contributed by atoms with E-state index in [9.17, 15) is 14.4 Å². The summed E-state index contributed by atoms with van der Waals surface area (Å²) in [6.45, 7) is 2.45. The lowest BCUT2D eigenvalue weighted by molar-refractivity contribution is 0.0653. The van der Waals surface area contributed by atoms with E-state index in [1.807, 2.05) is 13.0 Å². The molecule has 1 aromatic carbocycles. The number of pyridine rings is 1. The molecule has 4 amide bonds. The Balaban J connectivity index is 1.46. The van der Waals surface area contributed by atoms with E-state index < -0.39 is 0 Å². The molecule has 128 valence electrons. The number of rotatable bonds is 5. The second-order valence-electron chi connectivity index (χ2n) is 5.71. The number of carbonyl (C=O) groups is 3. The fourth-order valence-corrected chi connectivity index (χ4v) is 2.65. The lowest BCUT2D eigenvalue weighted by Crippen LogP contribution is -2.35. The largest absolute Gasteiger partial charge is 0.338 e. The first-order valence-corrected chi connectivity index (χ1v) is 7.99. The second-order valence-corrected chi connectivity index (χ2v) is 5.71. The summed E-state index contributed by atoms with van der Waals surface area (Å²) in [6.07, 6.45) is 2.07. The van der Waals surface area contributed by atoms with E-state index in [1.54, 1.807) is 36.5 Å². The van der Waals surface area contributed by atoms with Crippen molar-refractivity contribution in [3.05, 3.63) is 59.3 Å². The highest BCUT2D eigenvalue weighted by atomic mass is 16.2. The molecule has 1 aromatic heterocycles. The number of fused-ring (bicyclic) bond motifs is 1. The van der Waals surface area contributed by atoms with Gasteiger partial charge in [-0.05, 0) is 37.1 Å². The van der Waals surface area contributed by atoms with Crippen molar-refractivity contribution in [3.63, 3.8) is 0 Å². The van der Waals surface area contributed by atoms with Crippen molar-refractivity contribution >= 4 is 23.7 Å². The molecule has 0 bridgehead atoms. The van der Waals surface area contributed by atoms with Gasteiger partial charge in [0, 0.05) is 19.3 Å². The Morgan fingerprint density at radius 3 is 2.40 bits per heavy atom. The summed E-state index contributed by atoms with van der Waals surface area (Å²) < 4.78 is 0. The van der Waals surface area contributed by atoms with Crippen LogP contribution in [0.25, 0.3) is 0 Å². The number of carbonyl (C=O) groups excluding carboxylic acids is 3. The first-order valence-electron chi connectivity index (χ1n) is 7.99. The van der Waals surface area contributed by atoms with Crippen LogP contribution in [0.4, 0.5) is 10.6 Å². The molecule has 0 atom stereocenters. The van der Waals surface area contributed by atoms with Crippen LogP contribution >= 0.6 is 0 Å². The van der Waals surface area contributed by atoms with Crippen molar-refractivity contribution in [1.82, 2.24) is 15.2 Å². The normalized spacial score (nSPS) is 12.9. The van der Waals surface area contributed by atoms with Crippen molar-refractivity contribution in [1.29, 1.82) is 0 Å². The molecular weight excluding hydrogens is 320 g/mol. The second kappa shape index (κ2) is 7.12. The zero-order valence-corrected chi connectivity index (χ0v) is 13.8. The summed E-state index contributed by atoms with van der Waals surface area (Å²) in [5, 5.41) is 5.36. The van der Waals surface area contributed by atoms with Gasteiger partial charge in [-0.3, -0.25) is 19.8 Å². The number of aromatic nitrogens is 1. The Morgan fingerprint density at radius 2 is 1.76 bits per heavy atom. The van der Waals surface area contributed by atoms with Crippen LogP contribution in [-0.4, -0.2) is 40.8 Å². The van der Waals surface area contributed by atoms with Crippen molar-refractivity contribution in [2.75, 3.05) is 18.4 Å². The molecule has 2 heterocycles. The number of nitrogens with zero attached hydrogens (tertiary/aromatic N) is 2. The molecule has 3 rings (SSSR count). The third kappa shape index (κ3) is 3.50. The maximum atomic E-state index is 12.2. The SMILES string of the molecule is Cc1cccnc1NC(=O)NCCCN1C(=O)c2ccccc2C1=O. The predicted octanol–water partition coefficient (Wildman–Crippen LogP) is 2.20. The molecule has 0 aliphatic carbocycles. The minimum absolute atomic E-state index is 0.259. The van der Waals surface area contributed by atoms with Gasteiger partial charge in [0.05, 0.1) is 11.1 Å². The lowest BCUT2D eigenvalue weighted by atomic mass is 10.1. The molecule has 1 aliphatic heterocycles. The van der Waals surface area contributed by atoms with Crippen LogP contribution in [0, 0.1) is 6.92 Å². The average molecular weight is 338 g/mol. The van der Waals surface area contributed by atoms with Gasteiger partial charge in [-0.1, -0.05) is 18.2 Å². The number of aryl methyl sites for hydroxylation is 1.